The molecule has 9 heteroatoms. The zero-order chi connectivity index (χ0) is 21.4. The third-order valence-electron chi connectivity index (χ3n) is 5.07. The van der Waals surface area contributed by atoms with Gasteiger partial charge in [-0.05, 0) is 24.1 Å². The van der Waals surface area contributed by atoms with Crippen molar-refractivity contribution in [3.05, 3.63) is 46.0 Å². The van der Waals surface area contributed by atoms with E-state index < -0.39 is 11.9 Å². The number of hydrogen-bond acceptors (Lipinski definition) is 7. The third kappa shape index (κ3) is 3.41. The molecule has 4 rings (SSSR count). The highest BCUT2D eigenvalue weighted by Crippen LogP contribution is 2.38. The Morgan fingerprint density at radius 1 is 1.23 bits per heavy atom. The van der Waals surface area contributed by atoms with Crippen LogP contribution in [-0.2, 0) is 22.5 Å². The average Bonchev–Trinajstić information content (AvgIpc) is 3.33. The maximum atomic E-state index is 12.9. The summed E-state index contributed by atoms with van der Waals surface area (Å²) < 4.78 is 15.9. The molecule has 3 heterocycles. The van der Waals surface area contributed by atoms with Crippen molar-refractivity contribution in [2.24, 2.45) is 0 Å². The number of methoxy groups -OCH3 is 2. The molecule has 0 aliphatic carbocycles. The molecule has 1 aliphatic rings. The van der Waals surface area contributed by atoms with Crippen LogP contribution in [0.3, 0.4) is 0 Å². The zero-order valence-corrected chi connectivity index (χ0v) is 17.6. The molecule has 0 bridgehead atoms. The maximum Gasteiger partial charge on any atom is 0.341 e. The van der Waals surface area contributed by atoms with E-state index in [1.165, 1.54) is 32.5 Å². The lowest BCUT2D eigenvalue weighted by atomic mass is 10.0. The predicted molar refractivity (Wildman–Crippen MR) is 111 cm³/mol. The SMILES string of the molecule is COC(=O)c1c(NC(=O)c2cc3cccc(OC)c3o2)sc2c1CCN(C(C)=O)C2. The van der Waals surface area contributed by atoms with Crippen LogP contribution in [0.1, 0.15) is 38.3 Å². The van der Waals surface area contributed by atoms with E-state index in [0.717, 1.165) is 15.8 Å². The Labute approximate surface area is 176 Å². The first-order valence-electron chi connectivity index (χ1n) is 9.29. The van der Waals surface area contributed by atoms with Gasteiger partial charge in [-0.15, -0.1) is 11.3 Å². The Balaban J connectivity index is 1.68. The first-order chi connectivity index (χ1) is 14.4. The fraction of sp³-hybridized carbons (Fsp3) is 0.286. The molecule has 0 fully saturated rings. The van der Waals surface area contributed by atoms with Crippen LogP contribution in [0.25, 0.3) is 11.0 Å². The Bertz CT molecular complexity index is 1160. The summed E-state index contributed by atoms with van der Waals surface area (Å²) in [6.07, 6.45) is 0.521. The van der Waals surface area contributed by atoms with Crippen LogP contribution in [0.4, 0.5) is 5.00 Å². The molecule has 3 aromatic rings. The summed E-state index contributed by atoms with van der Waals surface area (Å²) in [5.74, 6) is -0.416. The highest BCUT2D eigenvalue weighted by Gasteiger charge is 2.30. The van der Waals surface area contributed by atoms with Gasteiger partial charge in [0.2, 0.25) is 5.91 Å². The monoisotopic (exact) mass is 428 g/mol. The topological polar surface area (TPSA) is 98.1 Å². The highest BCUT2D eigenvalue weighted by molar-refractivity contribution is 7.17. The number of rotatable bonds is 4. The summed E-state index contributed by atoms with van der Waals surface area (Å²) in [7, 11) is 2.83. The van der Waals surface area contributed by atoms with Crippen molar-refractivity contribution in [2.45, 2.75) is 19.9 Å². The molecule has 8 nitrogen and oxygen atoms in total. The van der Waals surface area contributed by atoms with Crippen LogP contribution in [0.15, 0.2) is 28.7 Å². The second kappa shape index (κ2) is 7.83. The Morgan fingerprint density at radius 2 is 2.03 bits per heavy atom. The lowest BCUT2D eigenvalue weighted by molar-refractivity contribution is -0.129. The van der Waals surface area contributed by atoms with Gasteiger partial charge in [0.05, 0.1) is 26.3 Å². The lowest BCUT2D eigenvalue weighted by Gasteiger charge is -2.25. The molecule has 0 saturated carbocycles. The standard InChI is InChI=1S/C21H20N2O6S/c1-11(24)23-8-7-13-16(10-23)30-20(17(13)21(26)28-3)22-19(25)15-9-12-5-4-6-14(27-2)18(12)29-15/h4-6,9H,7-8,10H2,1-3H3,(H,22,25). The Kier molecular flexibility index (Phi) is 5.21. The van der Waals surface area contributed by atoms with Crippen molar-refractivity contribution in [1.29, 1.82) is 0 Å². The second-order valence-electron chi connectivity index (χ2n) is 6.83. The first kappa shape index (κ1) is 20.0. The molecule has 156 valence electrons. The number of amides is 2. The number of fused-ring (bicyclic) bond motifs is 2. The second-order valence-corrected chi connectivity index (χ2v) is 7.94. The fourth-order valence-corrected chi connectivity index (χ4v) is 4.80. The largest absolute Gasteiger partial charge is 0.493 e. The summed E-state index contributed by atoms with van der Waals surface area (Å²) in [5, 5.41) is 3.90. The molecule has 30 heavy (non-hydrogen) atoms. The van der Waals surface area contributed by atoms with Gasteiger partial charge in [0.1, 0.15) is 5.00 Å². The van der Waals surface area contributed by atoms with E-state index in [4.69, 9.17) is 13.9 Å². The number of furan rings is 1. The summed E-state index contributed by atoms with van der Waals surface area (Å²) in [5.41, 5.74) is 1.62. The van der Waals surface area contributed by atoms with Crippen molar-refractivity contribution in [3.63, 3.8) is 0 Å². The number of para-hydroxylation sites is 1. The number of benzene rings is 1. The molecule has 0 unspecified atom stereocenters. The smallest absolute Gasteiger partial charge is 0.341 e. The molecule has 1 aliphatic heterocycles. The number of carbonyl (C=O) groups excluding carboxylic acids is 3. The Morgan fingerprint density at radius 3 is 2.73 bits per heavy atom. The van der Waals surface area contributed by atoms with Gasteiger partial charge in [0.15, 0.2) is 17.1 Å². The van der Waals surface area contributed by atoms with Crippen molar-refractivity contribution < 1.29 is 28.3 Å². The number of nitrogens with one attached hydrogen (secondary N) is 1. The van der Waals surface area contributed by atoms with E-state index in [2.05, 4.69) is 5.32 Å². The Hall–Kier alpha value is -3.33. The lowest BCUT2D eigenvalue weighted by Crippen LogP contribution is -2.33. The van der Waals surface area contributed by atoms with Gasteiger partial charge in [-0.25, -0.2) is 4.79 Å². The average molecular weight is 428 g/mol. The molecular weight excluding hydrogens is 408 g/mol. The number of anilines is 1. The van der Waals surface area contributed by atoms with Gasteiger partial charge >= 0.3 is 5.97 Å². The van der Waals surface area contributed by atoms with E-state index in [9.17, 15) is 14.4 Å². The summed E-state index contributed by atoms with van der Waals surface area (Å²) in [4.78, 5) is 39.6. The van der Waals surface area contributed by atoms with E-state index in [1.807, 2.05) is 12.1 Å². The minimum Gasteiger partial charge on any atom is -0.493 e. The molecule has 0 radical (unpaired) electrons. The number of hydrogen-bond donors (Lipinski definition) is 1. The first-order valence-corrected chi connectivity index (χ1v) is 10.1. The number of esters is 1. The van der Waals surface area contributed by atoms with Crippen LogP contribution < -0.4 is 10.1 Å². The van der Waals surface area contributed by atoms with Crippen LogP contribution in [0.5, 0.6) is 5.75 Å². The number of nitrogens with zero attached hydrogens (tertiary/aromatic N) is 1. The maximum absolute atomic E-state index is 12.9. The minimum absolute atomic E-state index is 0.0320. The van der Waals surface area contributed by atoms with Gasteiger partial charge in [-0.1, -0.05) is 12.1 Å². The van der Waals surface area contributed by atoms with Crippen LogP contribution >= 0.6 is 11.3 Å². The van der Waals surface area contributed by atoms with Crippen LogP contribution in [0.2, 0.25) is 0 Å². The van der Waals surface area contributed by atoms with E-state index in [-0.39, 0.29) is 11.7 Å². The van der Waals surface area contributed by atoms with Gasteiger partial charge in [0, 0.05) is 23.7 Å². The van der Waals surface area contributed by atoms with Gasteiger partial charge < -0.3 is 24.1 Å². The van der Waals surface area contributed by atoms with Crippen LogP contribution in [-0.4, -0.2) is 43.4 Å². The van der Waals surface area contributed by atoms with Gasteiger partial charge in [0.25, 0.3) is 5.91 Å². The zero-order valence-electron chi connectivity index (χ0n) is 16.7. The summed E-state index contributed by atoms with van der Waals surface area (Å²) in [6.45, 7) is 2.43. The summed E-state index contributed by atoms with van der Waals surface area (Å²) >= 11 is 1.27. The van der Waals surface area contributed by atoms with Crippen LogP contribution in [0, 0.1) is 0 Å². The molecular formula is C21H20N2O6S. The molecule has 2 amide bonds. The molecule has 1 N–H and O–H groups in total. The highest BCUT2D eigenvalue weighted by atomic mass is 32.1. The number of ether oxygens (including phenoxy) is 2. The predicted octanol–water partition coefficient (Wildman–Crippen LogP) is 3.45. The van der Waals surface area contributed by atoms with E-state index in [0.29, 0.717) is 41.4 Å². The third-order valence-corrected chi connectivity index (χ3v) is 6.20. The van der Waals surface area contributed by atoms with Gasteiger partial charge in [-0.2, -0.15) is 0 Å². The van der Waals surface area contributed by atoms with Crippen molar-refractivity contribution in [3.8, 4) is 5.75 Å². The van der Waals surface area contributed by atoms with Gasteiger partial charge in [-0.3, -0.25) is 9.59 Å². The molecule has 0 saturated heterocycles. The minimum atomic E-state index is -0.523. The van der Waals surface area contributed by atoms with Crippen molar-refractivity contribution in [1.82, 2.24) is 4.90 Å². The number of thiophene rings is 1. The summed E-state index contributed by atoms with van der Waals surface area (Å²) in [6, 6.07) is 6.99. The van der Waals surface area contributed by atoms with Crippen molar-refractivity contribution in [2.75, 3.05) is 26.1 Å². The van der Waals surface area contributed by atoms with E-state index >= 15 is 0 Å². The molecule has 1 aromatic carbocycles. The van der Waals surface area contributed by atoms with E-state index in [1.54, 1.807) is 17.0 Å². The number of carbonyl (C=O) groups is 3. The quantitative estimate of drug-likeness (QED) is 0.639. The molecule has 0 atom stereocenters. The molecule has 0 spiro atoms. The normalized spacial score (nSPS) is 13.1. The fourth-order valence-electron chi connectivity index (χ4n) is 3.55. The van der Waals surface area contributed by atoms with Crippen molar-refractivity contribution >= 4 is 45.1 Å². The molecule has 2 aromatic heterocycles.